The van der Waals surface area contributed by atoms with E-state index in [1.165, 1.54) is 6.07 Å². The van der Waals surface area contributed by atoms with Crippen molar-refractivity contribution in [1.82, 2.24) is 9.55 Å². The summed E-state index contributed by atoms with van der Waals surface area (Å²) >= 11 is 0. The van der Waals surface area contributed by atoms with Crippen LogP contribution in [0.15, 0.2) is 48.5 Å². The Bertz CT molecular complexity index is 872. The minimum Gasteiger partial charge on any atom is -0.383 e. The van der Waals surface area contributed by atoms with Gasteiger partial charge in [0.05, 0.1) is 23.2 Å². The molecule has 0 radical (unpaired) electrons. The fourth-order valence-electron chi connectivity index (χ4n) is 3.26. The van der Waals surface area contributed by atoms with E-state index in [-0.39, 0.29) is 5.92 Å². The van der Waals surface area contributed by atoms with Crippen LogP contribution in [0.4, 0.5) is 13.2 Å². The maximum atomic E-state index is 13.1. The molecule has 1 aromatic heterocycles. The number of imidazole rings is 1. The summed E-state index contributed by atoms with van der Waals surface area (Å²) in [5.74, 6) is 0.778. The van der Waals surface area contributed by atoms with Gasteiger partial charge in [-0.3, -0.25) is 0 Å². The highest BCUT2D eigenvalue weighted by molar-refractivity contribution is 5.77. The molecule has 0 saturated carbocycles. The normalized spacial score (nSPS) is 13.3. The summed E-state index contributed by atoms with van der Waals surface area (Å²) in [6, 6.07) is 13.6. The minimum absolute atomic E-state index is 0.00907. The molecule has 2 aromatic carbocycles. The Morgan fingerprint density at radius 2 is 1.85 bits per heavy atom. The highest BCUT2D eigenvalue weighted by atomic mass is 19.4. The van der Waals surface area contributed by atoms with Crippen molar-refractivity contribution in [3.8, 4) is 0 Å². The molecule has 3 rings (SSSR count). The monoisotopic (exact) mass is 362 g/mol. The lowest BCUT2D eigenvalue weighted by Crippen LogP contribution is -2.13. The molecular weight excluding hydrogens is 341 g/mol. The van der Waals surface area contributed by atoms with Gasteiger partial charge in [0.25, 0.3) is 0 Å². The second kappa shape index (κ2) is 7.50. The van der Waals surface area contributed by atoms with Crippen LogP contribution in [0.1, 0.15) is 36.2 Å². The molecule has 0 spiro atoms. The molecule has 0 aliphatic carbocycles. The van der Waals surface area contributed by atoms with Crippen molar-refractivity contribution < 1.29 is 17.9 Å². The van der Waals surface area contributed by atoms with E-state index in [2.05, 4.69) is 11.9 Å². The van der Waals surface area contributed by atoms with E-state index >= 15 is 0 Å². The minimum atomic E-state index is -4.38. The number of benzene rings is 2. The Labute approximate surface area is 150 Å². The van der Waals surface area contributed by atoms with Crippen LogP contribution in [0.2, 0.25) is 0 Å². The largest absolute Gasteiger partial charge is 0.416 e. The average Bonchev–Trinajstić information content (AvgIpc) is 2.98. The molecule has 0 fully saturated rings. The van der Waals surface area contributed by atoms with E-state index in [0.717, 1.165) is 29.9 Å². The van der Waals surface area contributed by atoms with Crippen molar-refractivity contribution in [3.05, 3.63) is 65.5 Å². The van der Waals surface area contributed by atoms with Crippen molar-refractivity contribution in [1.29, 1.82) is 0 Å². The molecule has 0 aliphatic heterocycles. The molecule has 0 N–H and O–H groups in total. The number of aromatic nitrogens is 2. The van der Waals surface area contributed by atoms with Gasteiger partial charge in [0.2, 0.25) is 0 Å². The Hall–Kier alpha value is -2.34. The molecule has 1 heterocycles. The summed E-state index contributed by atoms with van der Waals surface area (Å²) in [6.45, 7) is 3.06. The van der Waals surface area contributed by atoms with Crippen LogP contribution in [0, 0.1) is 0 Å². The van der Waals surface area contributed by atoms with Crippen molar-refractivity contribution >= 4 is 11.0 Å². The van der Waals surface area contributed by atoms with Crippen molar-refractivity contribution in [2.45, 2.75) is 32.0 Å². The Morgan fingerprint density at radius 1 is 1.12 bits per heavy atom. The SMILES string of the molecule is CCC(c1ccccc1)c1nc2cc(C(F)(F)F)ccc2n1CCOC. The fourth-order valence-corrected chi connectivity index (χ4v) is 3.26. The first-order valence-corrected chi connectivity index (χ1v) is 8.57. The summed E-state index contributed by atoms with van der Waals surface area (Å²) < 4.78 is 46.3. The third-order valence-electron chi connectivity index (χ3n) is 4.55. The number of rotatable bonds is 6. The van der Waals surface area contributed by atoms with Crippen LogP contribution in [0.25, 0.3) is 11.0 Å². The van der Waals surface area contributed by atoms with Gasteiger partial charge in [-0.2, -0.15) is 13.2 Å². The highest BCUT2D eigenvalue weighted by Gasteiger charge is 2.31. The molecule has 0 bridgehead atoms. The van der Waals surface area contributed by atoms with E-state index in [9.17, 15) is 13.2 Å². The first kappa shape index (κ1) is 18.5. The predicted molar refractivity (Wildman–Crippen MR) is 95.2 cm³/mol. The van der Waals surface area contributed by atoms with Gasteiger partial charge in [-0.25, -0.2) is 4.98 Å². The lowest BCUT2D eigenvalue weighted by atomic mass is 9.95. The molecule has 0 aliphatic rings. The third kappa shape index (κ3) is 3.60. The van der Waals surface area contributed by atoms with Crippen LogP contribution in [0.5, 0.6) is 0 Å². The molecule has 1 unspecified atom stereocenters. The molecule has 3 nitrogen and oxygen atoms in total. The third-order valence-corrected chi connectivity index (χ3v) is 4.55. The molecule has 138 valence electrons. The van der Waals surface area contributed by atoms with Gasteiger partial charge >= 0.3 is 6.18 Å². The van der Waals surface area contributed by atoms with Gasteiger partial charge in [0.1, 0.15) is 5.82 Å². The van der Waals surface area contributed by atoms with Crippen molar-refractivity contribution in [2.24, 2.45) is 0 Å². The summed E-state index contributed by atoms with van der Waals surface area (Å²) in [5, 5.41) is 0. The Balaban J connectivity index is 2.15. The second-order valence-corrected chi connectivity index (χ2v) is 6.19. The molecule has 26 heavy (non-hydrogen) atoms. The molecule has 3 aromatic rings. The zero-order chi connectivity index (χ0) is 18.7. The van der Waals surface area contributed by atoms with E-state index in [4.69, 9.17) is 4.74 Å². The molecule has 0 amide bonds. The van der Waals surface area contributed by atoms with Gasteiger partial charge in [-0.15, -0.1) is 0 Å². The number of hydrogen-bond donors (Lipinski definition) is 0. The predicted octanol–water partition coefficient (Wildman–Crippen LogP) is 5.24. The maximum absolute atomic E-state index is 13.1. The first-order valence-electron chi connectivity index (χ1n) is 8.57. The molecule has 6 heteroatoms. The van der Waals surface area contributed by atoms with Gasteiger partial charge in [-0.1, -0.05) is 37.3 Å². The lowest BCUT2D eigenvalue weighted by molar-refractivity contribution is -0.137. The van der Waals surface area contributed by atoms with E-state index < -0.39 is 11.7 Å². The van der Waals surface area contributed by atoms with Gasteiger partial charge in [-0.05, 0) is 30.2 Å². The van der Waals surface area contributed by atoms with Crippen LogP contribution >= 0.6 is 0 Å². The second-order valence-electron chi connectivity index (χ2n) is 6.19. The maximum Gasteiger partial charge on any atom is 0.416 e. The number of nitrogens with zero attached hydrogens (tertiary/aromatic N) is 2. The number of hydrogen-bond acceptors (Lipinski definition) is 2. The van der Waals surface area contributed by atoms with Gasteiger partial charge in [0.15, 0.2) is 0 Å². The van der Waals surface area contributed by atoms with E-state index in [1.54, 1.807) is 7.11 Å². The molecular formula is C20H21F3N2O. The standard InChI is InChI=1S/C20H21F3N2O/c1-3-16(14-7-5-4-6-8-14)19-24-17-13-15(20(21,22)23)9-10-18(17)25(19)11-12-26-2/h4-10,13,16H,3,11-12H2,1-2H3. The lowest BCUT2D eigenvalue weighted by Gasteiger charge is -2.17. The molecule has 1 atom stereocenters. The van der Waals surface area contributed by atoms with Crippen LogP contribution in [0.3, 0.4) is 0 Å². The Kier molecular flexibility index (Phi) is 5.32. The van der Waals surface area contributed by atoms with Crippen molar-refractivity contribution in [2.75, 3.05) is 13.7 Å². The summed E-state index contributed by atoms with van der Waals surface area (Å²) in [5.41, 5.74) is 1.47. The summed E-state index contributed by atoms with van der Waals surface area (Å²) in [7, 11) is 1.61. The zero-order valence-electron chi connectivity index (χ0n) is 14.8. The van der Waals surface area contributed by atoms with Crippen LogP contribution in [-0.4, -0.2) is 23.3 Å². The highest BCUT2D eigenvalue weighted by Crippen LogP contribution is 2.34. The van der Waals surface area contributed by atoms with Crippen LogP contribution in [-0.2, 0) is 17.5 Å². The number of ether oxygens (including phenoxy) is 1. The first-order chi connectivity index (χ1) is 12.5. The zero-order valence-corrected chi connectivity index (χ0v) is 14.8. The fraction of sp³-hybridized carbons (Fsp3) is 0.350. The smallest absolute Gasteiger partial charge is 0.383 e. The van der Waals surface area contributed by atoms with E-state index in [1.807, 2.05) is 34.9 Å². The Morgan fingerprint density at radius 3 is 2.46 bits per heavy atom. The average molecular weight is 362 g/mol. The number of alkyl halides is 3. The van der Waals surface area contributed by atoms with Crippen molar-refractivity contribution in [3.63, 3.8) is 0 Å². The van der Waals surface area contributed by atoms with Crippen LogP contribution < -0.4 is 0 Å². The quantitative estimate of drug-likeness (QED) is 0.599. The number of halogens is 3. The topological polar surface area (TPSA) is 27.1 Å². The number of methoxy groups -OCH3 is 1. The summed E-state index contributed by atoms with van der Waals surface area (Å²) in [4.78, 5) is 4.59. The van der Waals surface area contributed by atoms with E-state index in [0.29, 0.717) is 24.2 Å². The van der Waals surface area contributed by atoms with Gasteiger partial charge in [0, 0.05) is 19.6 Å². The van der Waals surface area contributed by atoms with Gasteiger partial charge < -0.3 is 9.30 Å². The molecule has 0 saturated heterocycles. The summed E-state index contributed by atoms with van der Waals surface area (Å²) in [6.07, 6.45) is -3.58. The number of fused-ring (bicyclic) bond motifs is 1.